The van der Waals surface area contributed by atoms with Crippen molar-refractivity contribution >= 4 is 29.1 Å². The lowest BCUT2D eigenvalue weighted by Gasteiger charge is -2.32. The molecule has 200 valence electrons. The van der Waals surface area contributed by atoms with Gasteiger partial charge in [0.25, 0.3) is 5.91 Å². The number of hydrogen-bond acceptors (Lipinski definition) is 3. The number of benzene rings is 3. The molecule has 4 aromatic rings. The van der Waals surface area contributed by atoms with E-state index in [0.717, 1.165) is 61.0 Å². The molecule has 2 aliphatic rings. The smallest absolute Gasteiger partial charge is 0.272 e. The predicted octanol–water partition coefficient (Wildman–Crippen LogP) is 7.98. The summed E-state index contributed by atoms with van der Waals surface area (Å²) in [5.41, 5.74) is 4.23. The molecule has 39 heavy (non-hydrogen) atoms. The maximum Gasteiger partial charge on any atom is 0.272 e. The predicted molar refractivity (Wildman–Crippen MR) is 156 cm³/mol. The van der Waals surface area contributed by atoms with E-state index in [2.05, 4.69) is 22.0 Å². The molecule has 0 aliphatic heterocycles. The van der Waals surface area contributed by atoms with Gasteiger partial charge in [-0.3, -0.25) is 9.36 Å². The number of carbonyl (C=O) groups is 1. The minimum Gasteiger partial charge on any atom is -0.371 e. The lowest BCUT2D eigenvalue weighted by atomic mass is 9.92. The van der Waals surface area contributed by atoms with Gasteiger partial charge in [-0.1, -0.05) is 78.5 Å². The zero-order chi connectivity index (χ0) is 26.8. The third-order valence-corrected chi connectivity index (χ3v) is 8.20. The molecular weight excluding hydrogens is 529 g/mol. The largest absolute Gasteiger partial charge is 0.371 e. The number of aromatic nitrogens is 2. The maximum atomic E-state index is 14.0. The van der Waals surface area contributed by atoms with Crippen molar-refractivity contribution in [3.05, 3.63) is 106 Å². The summed E-state index contributed by atoms with van der Waals surface area (Å²) in [5, 5.41) is 4.56. The number of halogens is 2. The summed E-state index contributed by atoms with van der Waals surface area (Å²) in [5.74, 6) is 0.773. The molecule has 0 radical (unpaired) electrons. The second kappa shape index (κ2) is 11.5. The van der Waals surface area contributed by atoms with E-state index >= 15 is 0 Å². The molecule has 2 fully saturated rings. The third kappa shape index (κ3) is 5.76. The van der Waals surface area contributed by atoms with Gasteiger partial charge in [-0.2, -0.15) is 0 Å². The molecular formula is C32H31Cl2N3O2. The van der Waals surface area contributed by atoms with Crippen LogP contribution in [0.2, 0.25) is 10.0 Å². The summed E-state index contributed by atoms with van der Waals surface area (Å²) in [4.78, 5) is 18.9. The highest BCUT2D eigenvalue weighted by Crippen LogP contribution is 2.45. The molecule has 1 aromatic heterocycles. The van der Waals surface area contributed by atoms with Crippen LogP contribution in [0.25, 0.3) is 17.1 Å². The number of nitrogens with zero attached hydrogens (tertiary/aromatic N) is 2. The van der Waals surface area contributed by atoms with Crippen molar-refractivity contribution in [3.8, 4) is 17.1 Å². The van der Waals surface area contributed by atoms with Gasteiger partial charge >= 0.3 is 0 Å². The van der Waals surface area contributed by atoms with Gasteiger partial charge in [0.1, 0.15) is 5.82 Å². The van der Waals surface area contributed by atoms with Gasteiger partial charge < -0.3 is 10.1 Å². The Morgan fingerprint density at radius 2 is 1.62 bits per heavy atom. The van der Waals surface area contributed by atoms with E-state index in [4.69, 9.17) is 32.9 Å². The summed E-state index contributed by atoms with van der Waals surface area (Å²) in [6.07, 6.45) is 5.99. The molecule has 7 heteroatoms. The zero-order valence-corrected chi connectivity index (χ0v) is 23.2. The SMILES string of the molecule is O=C(N[C@H]1CCCC[C@@H]1OCc1ccccc1)c1nc(-c2ccccc2Cl)n(-c2ccc(Cl)cc2)c1C1CC1. The lowest BCUT2D eigenvalue weighted by molar-refractivity contribution is -0.00467. The molecule has 2 atom stereocenters. The van der Waals surface area contributed by atoms with Gasteiger partial charge in [-0.05, 0) is 67.6 Å². The molecule has 0 spiro atoms. The summed E-state index contributed by atoms with van der Waals surface area (Å²) < 4.78 is 8.42. The van der Waals surface area contributed by atoms with E-state index in [1.165, 1.54) is 0 Å². The Hall–Kier alpha value is -3.12. The fourth-order valence-corrected chi connectivity index (χ4v) is 5.83. The van der Waals surface area contributed by atoms with Crippen LogP contribution in [0.15, 0.2) is 78.9 Å². The van der Waals surface area contributed by atoms with E-state index in [-0.39, 0.29) is 24.0 Å². The molecule has 0 unspecified atom stereocenters. The van der Waals surface area contributed by atoms with E-state index < -0.39 is 0 Å². The molecule has 1 amide bonds. The Labute approximate surface area is 239 Å². The third-order valence-electron chi connectivity index (χ3n) is 7.62. The second-order valence-electron chi connectivity index (χ2n) is 10.4. The van der Waals surface area contributed by atoms with Crippen molar-refractivity contribution < 1.29 is 9.53 Å². The first-order chi connectivity index (χ1) is 19.1. The summed E-state index contributed by atoms with van der Waals surface area (Å²) in [6, 6.07) is 25.4. The molecule has 1 N–H and O–H groups in total. The normalized spacial score (nSPS) is 19.1. The van der Waals surface area contributed by atoms with E-state index in [1.807, 2.05) is 66.7 Å². The molecule has 5 nitrogen and oxygen atoms in total. The Kier molecular flexibility index (Phi) is 7.73. The number of hydrogen-bond donors (Lipinski definition) is 1. The molecule has 0 bridgehead atoms. The fourth-order valence-electron chi connectivity index (χ4n) is 5.48. The fraction of sp³-hybridized carbons (Fsp3) is 0.312. The number of rotatable bonds is 8. The molecule has 1 heterocycles. The van der Waals surface area contributed by atoms with Crippen molar-refractivity contribution in [2.45, 2.75) is 63.2 Å². The first kappa shape index (κ1) is 26.1. The number of ether oxygens (including phenoxy) is 1. The van der Waals surface area contributed by atoms with Crippen LogP contribution in [0.4, 0.5) is 0 Å². The Morgan fingerprint density at radius 1 is 0.897 bits per heavy atom. The Morgan fingerprint density at radius 3 is 2.36 bits per heavy atom. The summed E-state index contributed by atoms with van der Waals surface area (Å²) in [7, 11) is 0. The average Bonchev–Trinajstić information content (AvgIpc) is 3.73. The quantitative estimate of drug-likeness (QED) is 0.238. The van der Waals surface area contributed by atoms with E-state index in [0.29, 0.717) is 28.2 Å². The first-order valence-electron chi connectivity index (χ1n) is 13.7. The van der Waals surface area contributed by atoms with Crippen molar-refractivity contribution in [1.29, 1.82) is 0 Å². The standard InChI is InChI=1S/C32H31Cl2N3O2/c33-23-16-18-24(19-17-23)37-30(22-14-15-22)29(36-31(37)25-10-4-5-11-26(25)34)32(38)35-27-12-6-7-13-28(27)39-20-21-8-2-1-3-9-21/h1-5,8-11,16-19,22,27-28H,6-7,12-15,20H2,(H,35,38)/t27-,28-/m0/s1. The summed E-state index contributed by atoms with van der Waals surface area (Å²) >= 11 is 12.9. The highest BCUT2D eigenvalue weighted by molar-refractivity contribution is 6.33. The van der Waals surface area contributed by atoms with Gasteiger partial charge in [0.2, 0.25) is 0 Å². The second-order valence-corrected chi connectivity index (χ2v) is 11.3. The van der Waals surface area contributed by atoms with Crippen LogP contribution < -0.4 is 5.32 Å². The number of imidazole rings is 1. The molecule has 0 saturated heterocycles. The Balaban J connectivity index is 1.34. The average molecular weight is 561 g/mol. The number of nitrogens with one attached hydrogen (secondary N) is 1. The zero-order valence-electron chi connectivity index (χ0n) is 21.7. The molecule has 2 saturated carbocycles. The van der Waals surface area contributed by atoms with Crippen LogP contribution in [0, 0.1) is 0 Å². The highest BCUT2D eigenvalue weighted by Gasteiger charge is 2.37. The number of carbonyl (C=O) groups excluding carboxylic acids is 1. The van der Waals surface area contributed by atoms with Gasteiger partial charge in [-0.25, -0.2) is 4.98 Å². The van der Waals surface area contributed by atoms with Crippen LogP contribution in [0.1, 0.15) is 66.2 Å². The lowest BCUT2D eigenvalue weighted by Crippen LogP contribution is -2.46. The van der Waals surface area contributed by atoms with Crippen molar-refractivity contribution in [2.75, 3.05) is 0 Å². The monoisotopic (exact) mass is 559 g/mol. The maximum absolute atomic E-state index is 14.0. The molecule has 6 rings (SSSR count). The van der Waals surface area contributed by atoms with Crippen LogP contribution >= 0.6 is 23.2 Å². The first-order valence-corrected chi connectivity index (χ1v) is 14.4. The van der Waals surface area contributed by atoms with Crippen LogP contribution in [-0.2, 0) is 11.3 Å². The highest BCUT2D eigenvalue weighted by atomic mass is 35.5. The van der Waals surface area contributed by atoms with Crippen LogP contribution in [-0.4, -0.2) is 27.6 Å². The summed E-state index contributed by atoms with van der Waals surface area (Å²) in [6.45, 7) is 0.535. The van der Waals surface area contributed by atoms with E-state index in [1.54, 1.807) is 0 Å². The van der Waals surface area contributed by atoms with Gasteiger partial charge in [-0.15, -0.1) is 0 Å². The van der Waals surface area contributed by atoms with Gasteiger partial charge in [0.15, 0.2) is 5.69 Å². The van der Waals surface area contributed by atoms with E-state index in [9.17, 15) is 4.79 Å². The minimum absolute atomic E-state index is 0.0336. The molecule has 2 aliphatic carbocycles. The Bertz CT molecular complexity index is 1450. The van der Waals surface area contributed by atoms with Crippen molar-refractivity contribution in [3.63, 3.8) is 0 Å². The van der Waals surface area contributed by atoms with Gasteiger partial charge in [0, 0.05) is 22.2 Å². The van der Waals surface area contributed by atoms with Crippen LogP contribution in [0.3, 0.4) is 0 Å². The van der Waals surface area contributed by atoms with Gasteiger partial charge in [0.05, 0.1) is 29.5 Å². The van der Waals surface area contributed by atoms with Crippen molar-refractivity contribution in [1.82, 2.24) is 14.9 Å². The topological polar surface area (TPSA) is 56.1 Å². The number of amides is 1. The molecule has 3 aromatic carbocycles. The van der Waals surface area contributed by atoms with Crippen LogP contribution in [0.5, 0.6) is 0 Å². The van der Waals surface area contributed by atoms with Crippen molar-refractivity contribution in [2.24, 2.45) is 0 Å². The minimum atomic E-state index is -0.155.